The van der Waals surface area contributed by atoms with Crippen molar-refractivity contribution in [3.63, 3.8) is 0 Å². The Morgan fingerprint density at radius 3 is 2.55 bits per heavy atom. The van der Waals surface area contributed by atoms with Crippen LogP contribution in [-0.2, 0) is 23.9 Å². The second-order valence-corrected chi connectivity index (χ2v) is 15.0. The van der Waals surface area contributed by atoms with E-state index in [1.165, 1.54) is 0 Å². The molecule has 5 fully saturated rings. The number of ether oxygens (including phenoxy) is 2. The predicted octanol–water partition coefficient (Wildman–Crippen LogP) is 4.07. The van der Waals surface area contributed by atoms with Crippen LogP contribution in [0.3, 0.4) is 0 Å². The van der Waals surface area contributed by atoms with Crippen molar-refractivity contribution in [2.45, 2.75) is 96.6 Å². The fourth-order valence-corrected chi connectivity index (χ4v) is 11.5. The molecule has 2 heterocycles. The summed E-state index contributed by atoms with van der Waals surface area (Å²) in [7, 11) is 0. The van der Waals surface area contributed by atoms with Gasteiger partial charge < -0.3 is 24.5 Å². The van der Waals surface area contributed by atoms with Crippen LogP contribution in [0.5, 0.6) is 0 Å². The van der Waals surface area contributed by atoms with Gasteiger partial charge in [-0.05, 0) is 65.7 Å². The highest BCUT2D eigenvalue weighted by Crippen LogP contribution is 2.81. The Hall–Kier alpha value is -2.25. The Kier molecular flexibility index (Phi) is 5.17. The van der Waals surface area contributed by atoms with E-state index >= 15 is 0 Å². The van der Waals surface area contributed by atoms with Crippen molar-refractivity contribution >= 4 is 17.7 Å². The Labute approximate surface area is 236 Å². The first-order valence-electron chi connectivity index (χ1n) is 15.0. The van der Waals surface area contributed by atoms with Gasteiger partial charge in [0.15, 0.2) is 0 Å². The molecule has 7 heteroatoms. The number of carbonyl (C=O) groups is 3. The maximum absolute atomic E-state index is 14.6. The summed E-state index contributed by atoms with van der Waals surface area (Å²) >= 11 is 0. The summed E-state index contributed by atoms with van der Waals surface area (Å²) in [5.74, 6) is -2.03. The first-order chi connectivity index (χ1) is 18.6. The number of hydrogen-bond donors (Lipinski definition) is 2. The van der Waals surface area contributed by atoms with Crippen LogP contribution in [0, 0.1) is 51.8 Å². The zero-order valence-corrected chi connectivity index (χ0v) is 24.2. The molecule has 5 aliphatic carbocycles. The maximum Gasteiger partial charge on any atom is 0.334 e. The molecule has 0 radical (unpaired) electrons. The summed E-state index contributed by atoms with van der Waals surface area (Å²) in [5.41, 5.74) is -3.24. The number of aliphatic hydroxyl groups is 2. The lowest BCUT2D eigenvalue weighted by atomic mass is 9.52. The standard InChI is InChI=1S/C33H42O7/c1-16-7-8-21-22(16)25-23(19(13-17(2)34)14-30(21,5)37)33(28(36)40-25)15-32-12-11-29(33,4)26(32)24-20(9-10-31(32,6)38)18(3)27(35)39-24/h7,11-12,19-26,37-38H,3,8-10,13-15H2,1-2,4-6H3/t19-,20+,21-,22+,23-,24+,25+,26+,29-,30+,31-,32+,33-/m0/s1. The summed E-state index contributed by atoms with van der Waals surface area (Å²) in [5, 5.41) is 24.1. The number of esters is 2. The van der Waals surface area contributed by atoms with E-state index < -0.39 is 45.6 Å². The number of rotatable bonds is 2. The van der Waals surface area contributed by atoms with Crippen molar-refractivity contribution in [3.05, 3.63) is 36.0 Å². The topological polar surface area (TPSA) is 110 Å². The predicted molar refractivity (Wildman–Crippen MR) is 145 cm³/mol. The van der Waals surface area contributed by atoms with Gasteiger partial charge in [-0.25, -0.2) is 4.79 Å². The molecule has 0 aromatic carbocycles. The zero-order chi connectivity index (χ0) is 28.8. The van der Waals surface area contributed by atoms with Crippen LogP contribution in [0.1, 0.15) is 73.1 Å². The number of Topliss-reactive ketones (excluding diaryl/α,β-unsaturated/α-hetero) is 1. The molecule has 0 unspecified atom stereocenters. The molecule has 3 saturated carbocycles. The van der Waals surface area contributed by atoms with Crippen molar-refractivity contribution in [2.75, 3.05) is 0 Å². The van der Waals surface area contributed by atoms with E-state index in [1.807, 2.05) is 13.8 Å². The molecule has 2 aliphatic heterocycles. The molecule has 2 N–H and O–H groups in total. The van der Waals surface area contributed by atoms with Gasteiger partial charge >= 0.3 is 11.9 Å². The van der Waals surface area contributed by atoms with Gasteiger partial charge in [0.2, 0.25) is 0 Å². The van der Waals surface area contributed by atoms with Crippen molar-refractivity contribution < 1.29 is 34.1 Å². The molecule has 7 rings (SSSR count). The van der Waals surface area contributed by atoms with Gasteiger partial charge in [0.1, 0.15) is 18.0 Å². The lowest BCUT2D eigenvalue weighted by Gasteiger charge is -2.47. The third-order valence-electron chi connectivity index (χ3n) is 13.2. The van der Waals surface area contributed by atoms with Gasteiger partial charge in [0.05, 0.1) is 16.6 Å². The quantitative estimate of drug-likeness (QED) is 0.303. The summed E-state index contributed by atoms with van der Waals surface area (Å²) in [6.45, 7) is 13.5. The minimum absolute atomic E-state index is 0.0256. The van der Waals surface area contributed by atoms with Crippen molar-refractivity contribution in [1.82, 2.24) is 0 Å². The number of fused-ring (bicyclic) bond motifs is 6. The van der Waals surface area contributed by atoms with Crippen LogP contribution in [-0.4, -0.2) is 51.3 Å². The summed E-state index contributed by atoms with van der Waals surface area (Å²) in [6, 6.07) is 0. The average molecular weight is 551 g/mol. The van der Waals surface area contributed by atoms with Crippen molar-refractivity contribution in [3.8, 4) is 0 Å². The Bertz CT molecular complexity index is 1310. The minimum Gasteiger partial charge on any atom is -0.461 e. The van der Waals surface area contributed by atoms with E-state index in [1.54, 1.807) is 6.92 Å². The number of carbonyl (C=O) groups excluding carboxylic acids is 3. The van der Waals surface area contributed by atoms with Crippen molar-refractivity contribution in [1.29, 1.82) is 0 Å². The normalized spacial score (nSPS) is 55.7. The van der Waals surface area contributed by atoms with Crippen LogP contribution in [0.15, 0.2) is 36.0 Å². The van der Waals surface area contributed by atoms with Crippen molar-refractivity contribution in [2.24, 2.45) is 51.8 Å². The third kappa shape index (κ3) is 2.87. The molecular formula is C33H42O7. The van der Waals surface area contributed by atoms with Crippen LogP contribution in [0.25, 0.3) is 0 Å². The lowest BCUT2D eigenvalue weighted by Crippen LogP contribution is -2.51. The highest BCUT2D eigenvalue weighted by molar-refractivity contribution is 5.91. The van der Waals surface area contributed by atoms with Gasteiger partial charge in [-0.15, -0.1) is 0 Å². The summed E-state index contributed by atoms with van der Waals surface area (Å²) in [4.78, 5) is 40.2. The minimum atomic E-state index is -1.15. The molecule has 2 saturated heterocycles. The van der Waals surface area contributed by atoms with E-state index in [0.29, 0.717) is 37.7 Å². The molecule has 0 amide bonds. The van der Waals surface area contributed by atoms with Gasteiger partial charge in [-0.1, -0.05) is 37.3 Å². The van der Waals surface area contributed by atoms with E-state index in [9.17, 15) is 24.6 Å². The Balaban J connectivity index is 1.45. The Morgan fingerprint density at radius 2 is 1.85 bits per heavy atom. The van der Waals surface area contributed by atoms with Gasteiger partial charge in [-0.3, -0.25) is 4.79 Å². The van der Waals surface area contributed by atoms with E-state index in [2.05, 4.69) is 38.7 Å². The first kappa shape index (κ1) is 26.6. The molecule has 216 valence electrons. The van der Waals surface area contributed by atoms with Gasteiger partial charge in [-0.2, -0.15) is 0 Å². The molecule has 7 aliphatic rings. The van der Waals surface area contributed by atoms with Crippen LogP contribution in [0.2, 0.25) is 0 Å². The number of hydrogen-bond acceptors (Lipinski definition) is 7. The fraction of sp³-hybridized carbons (Fsp3) is 0.727. The molecule has 13 atom stereocenters. The fourth-order valence-electron chi connectivity index (χ4n) is 11.5. The number of allylic oxidation sites excluding steroid dienone is 2. The molecule has 0 aromatic rings. The second-order valence-electron chi connectivity index (χ2n) is 15.0. The molecule has 40 heavy (non-hydrogen) atoms. The second kappa shape index (κ2) is 7.77. The number of ketones is 1. The Morgan fingerprint density at radius 1 is 1.12 bits per heavy atom. The van der Waals surface area contributed by atoms with E-state index in [-0.39, 0.29) is 53.7 Å². The van der Waals surface area contributed by atoms with Gasteiger partial charge in [0, 0.05) is 52.4 Å². The van der Waals surface area contributed by atoms with Crippen LogP contribution in [0.4, 0.5) is 0 Å². The SMILES string of the molecule is C=C1C(=O)O[C@@H]2[C@@H]1CC[C@](C)(O)[C@@]13C=C[C@@](C)([C@@H]21)[C@]1(C3)C(=O)O[C@@H]2[C@@H]3C(C)=CC[C@@H]3[C@](C)(O)C[C@H](CC(C)=O)[C@@H]21. The maximum atomic E-state index is 14.6. The van der Waals surface area contributed by atoms with Gasteiger partial charge in [0.25, 0.3) is 0 Å². The van der Waals surface area contributed by atoms with Crippen LogP contribution < -0.4 is 0 Å². The zero-order valence-electron chi connectivity index (χ0n) is 24.2. The first-order valence-corrected chi connectivity index (χ1v) is 15.0. The monoisotopic (exact) mass is 550 g/mol. The largest absolute Gasteiger partial charge is 0.461 e. The molecular weight excluding hydrogens is 508 g/mol. The van der Waals surface area contributed by atoms with E-state index in [0.717, 1.165) is 5.57 Å². The third-order valence-corrected chi connectivity index (χ3v) is 13.2. The summed E-state index contributed by atoms with van der Waals surface area (Å²) in [6.07, 6.45) is 8.17. The molecule has 0 aromatic heterocycles. The molecule has 2 bridgehead atoms. The molecule has 1 spiro atoms. The smallest absolute Gasteiger partial charge is 0.334 e. The highest BCUT2D eigenvalue weighted by Gasteiger charge is 2.84. The van der Waals surface area contributed by atoms with E-state index in [4.69, 9.17) is 9.47 Å². The lowest BCUT2D eigenvalue weighted by molar-refractivity contribution is -0.157. The van der Waals surface area contributed by atoms with Crippen LogP contribution >= 0.6 is 0 Å². The summed E-state index contributed by atoms with van der Waals surface area (Å²) < 4.78 is 12.6. The average Bonchev–Trinajstić information content (AvgIpc) is 3.56. The molecule has 7 nitrogen and oxygen atoms in total. The highest BCUT2D eigenvalue weighted by atomic mass is 16.6.